The van der Waals surface area contributed by atoms with Crippen molar-refractivity contribution in [2.75, 3.05) is 19.8 Å². The van der Waals surface area contributed by atoms with Gasteiger partial charge in [0.1, 0.15) is 0 Å². The van der Waals surface area contributed by atoms with E-state index in [0.717, 1.165) is 38.6 Å². The van der Waals surface area contributed by atoms with Gasteiger partial charge in [0.25, 0.3) is 0 Å². The standard InChI is InChI=1S/C18H23NO3/c20-16-7-11-17(9-4-10-18(17)21-13-14-22-18)19(16)12-8-15-5-2-1-3-6-15/h1-3,5-6H,4,7-14H2/t17-/m1/s1. The Labute approximate surface area is 131 Å². The summed E-state index contributed by atoms with van der Waals surface area (Å²) >= 11 is 0. The molecule has 0 aromatic heterocycles. The topological polar surface area (TPSA) is 38.8 Å². The number of benzene rings is 1. The highest BCUT2D eigenvalue weighted by Gasteiger charge is 2.64. The van der Waals surface area contributed by atoms with Gasteiger partial charge in [0.2, 0.25) is 5.91 Å². The van der Waals surface area contributed by atoms with E-state index < -0.39 is 5.79 Å². The lowest BCUT2D eigenvalue weighted by Gasteiger charge is -2.45. The zero-order valence-electron chi connectivity index (χ0n) is 12.9. The number of carbonyl (C=O) groups excluding carboxylic acids is 1. The Morgan fingerprint density at radius 3 is 2.59 bits per heavy atom. The van der Waals surface area contributed by atoms with Crippen molar-refractivity contribution in [1.29, 1.82) is 0 Å². The molecule has 3 aliphatic rings. The zero-order chi connectivity index (χ0) is 15.0. The Kier molecular flexibility index (Phi) is 3.46. The molecule has 2 spiro atoms. The SMILES string of the molecule is O=C1CC[C@@]2(CCCC23OCCO3)N1CCc1ccccc1. The predicted octanol–water partition coefficient (Wildman–Crippen LogP) is 2.52. The second-order valence-electron chi connectivity index (χ2n) is 6.62. The van der Waals surface area contributed by atoms with E-state index in [-0.39, 0.29) is 11.4 Å². The van der Waals surface area contributed by atoms with E-state index in [9.17, 15) is 4.79 Å². The molecular formula is C18H23NO3. The third-order valence-corrected chi connectivity index (χ3v) is 5.60. The van der Waals surface area contributed by atoms with Crippen LogP contribution < -0.4 is 0 Å². The lowest BCUT2D eigenvalue weighted by molar-refractivity contribution is -0.221. The van der Waals surface area contributed by atoms with E-state index >= 15 is 0 Å². The average molecular weight is 301 g/mol. The van der Waals surface area contributed by atoms with Crippen LogP contribution in [0.2, 0.25) is 0 Å². The van der Waals surface area contributed by atoms with E-state index in [2.05, 4.69) is 29.2 Å². The minimum atomic E-state index is -0.532. The van der Waals surface area contributed by atoms with E-state index in [0.29, 0.717) is 19.6 Å². The maximum Gasteiger partial charge on any atom is 0.223 e. The van der Waals surface area contributed by atoms with Gasteiger partial charge in [-0.3, -0.25) is 4.79 Å². The van der Waals surface area contributed by atoms with Gasteiger partial charge in [0.05, 0.1) is 18.8 Å². The highest BCUT2D eigenvalue weighted by molar-refractivity contribution is 5.80. The molecule has 4 nitrogen and oxygen atoms in total. The monoisotopic (exact) mass is 301 g/mol. The Morgan fingerprint density at radius 2 is 1.82 bits per heavy atom. The van der Waals surface area contributed by atoms with Gasteiger partial charge in [-0.25, -0.2) is 0 Å². The van der Waals surface area contributed by atoms with Crippen LogP contribution in [0, 0.1) is 0 Å². The van der Waals surface area contributed by atoms with E-state index in [4.69, 9.17) is 9.47 Å². The minimum absolute atomic E-state index is 0.227. The molecule has 0 radical (unpaired) electrons. The molecule has 1 aliphatic carbocycles. The molecule has 4 rings (SSSR count). The first-order valence-corrected chi connectivity index (χ1v) is 8.38. The molecule has 1 saturated carbocycles. The van der Waals surface area contributed by atoms with Crippen molar-refractivity contribution in [2.45, 2.75) is 49.9 Å². The molecule has 2 saturated heterocycles. The van der Waals surface area contributed by atoms with E-state index in [1.54, 1.807) is 0 Å². The maximum atomic E-state index is 12.5. The molecule has 4 heteroatoms. The number of hydrogen-bond acceptors (Lipinski definition) is 3. The molecule has 0 unspecified atom stereocenters. The van der Waals surface area contributed by atoms with Crippen molar-refractivity contribution < 1.29 is 14.3 Å². The fraction of sp³-hybridized carbons (Fsp3) is 0.611. The molecule has 0 N–H and O–H groups in total. The molecule has 1 amide bonds. The Balaban J connectivity index is 1.58. The van der Waals surface area contributed by atoms with Crippen LogP contribution in [0.4, 0.5) is 0 Å². The Bertz CT molecular complexity index is 547. The summed E-state index contributed by atoms with van der Waals surface area (Å²) < 4.78 is 12.1. The molecule has 2 aliphatic heterocycles. The van der Waals surface area contributed by atoms with Gasteiger partial charge >= 0.3 is 0 Å². The number of amides is 1. The highest BCUT2D eigenvalue weighted by Crippen LogP contribution is 2.53. The van der Waals surface area contributed by atoms with Crippen molar-refractivity contribution in [3.63, 3.8) is 0 Å². The van der Waals surface area contributed by atoms with Crippen molar-refractivity contribution in [3.8, 4) is 0 Å². The van der Waals surface area contributed by atoms with Gasteiger partial charge in [-0.2, -0.15) is 0 Å². The number of hydrogen-bond donors (Lipinski definition) is 0. The summed E-state index contributed by atoms with van der Waals surface area (Å²) in [5.41, 5.74) is 1.05. The van der Waals surface area contributed by atoms with Crippen LogP contribution in [0.1, 0.15) is 37.7 Å². The molecule has 22 heavy (non-hydrogen) atoms. The third-order valence-electron chi connectivity index (χ3n) is 5.60. The molecule has 1 aromatic rings. The number of nitrogens with zero attached hydrogens (tertiary/aromatic N) is 1. The minimum Gasteiger partial charge on any atom is -0.345 e. The Morgan fingerprint density at radius 1 is 1.05 bits per heavy atom. The molecular weight excluding hydrogens is 278 g/mol. The normalized spacial score (nSPS) is 30.0. The van der Waals surface area contributed by atoms with Crippen LogP contribution in [-0.4, -0.2) is 41.9 Å². The molecule has 2 heterocycles. The Hall–Kier alpha value is -1.39. The van der Waals surface area contributed by atoms with E-state index in [1.807, 2.05) is 6.07 Å². The molecule has 3 fully saturated rings. The second-order valence-corrected chi connectivity index (χ2v) is 6.62. The van der Waals surface area contributed by atoms with Crippen molar-refractivity contribution in [2.24, 2.45) is 0 Å². The van der Waals surface area contributed by atoms with Crippen molar-refractivity contribution in [1.82, 2.24) is 4.90 Å². The second kappa shape index (κ2) is 5.36. The summed E-state index contributed by atoms with van der Waals surface area (Å²) in [7, 11) is 0. The summed E-state index contributed by atoms with van der Waals surface area (Å²) in [6.07, 6.45) is 5.40. The number of ether oxygens (including phenoxy) is 2. The summed E-state index contributed by atoms with van der Waals surface area (Å²) in [4.78, 5) is 14.6. The van der Waals surface area contributed by atoms with Crippen LogP contribution in [-0.2, 0) is 20.7 Å². The van der Waals surface area contributed by atoms with Crippen molar-refractivity contribution >= 4 is 5.91 Å². The first-order valence-electron chi connectivity index (χ1n) is 8.38. The fourth-order valence-corrected chi connectivity index (χ4v) is 4.61. The smallest absolute Gasteiger partial charge is 0.223 e. The highest BCUT2D eigenvalue weighted by atomic mass is 16.7. The number of likely N-dealkylation sites (tertiary alicyclic amines) is 1. The van der Waals surface area contributed by atoms with Crippen LogP contribution in [0.3, 0.4) is 0 Å². The van der Waals surface area contributed by atoms with E-state index in [1.165, 1.54) is 5.56 Å². The largest absolute Gasteiger partial charge is 0.345 e. The third kappa shape index (κ3) is 2.01. The van der Waals surface area contributed by atoms with Gasteiger partial charge in [-0.05, 0) is 31.2 Å². The predicted molar refractivity (Wildman–Crippen MR) is 82.3 cm³/mol. The lowest BCUT2D eigenvalue weighted by Crippen LogP contribution is -2.60. The summed E-state index contributed by atoms with van der Waals surface area (Å²) in [6.45, 7) is 2.07. The molecule has 0 bridgehead atoms. The van der Waals surface area contributed by atoms with Crippen LogP contribution >= 0.6 is 0 Å². The van der Waals surface area contributed by atoms with Crippen LogP contribution in [0.25, 0.3) is 0 Å². The van der Waals surface area contributed by atoms with Crippen molar-refractivity contribution in [3.05, 3.63) is 35.9 Å². The zero-order valence-corrected chi connectivity index (χ0v) is 12.9. The van der Waals surface area contributed by atoms with Gasteiger partial charge in [-0.15, -0.1) is 0 Å². The molecule has 1 atom stereocenters. The number of carbonyl (C=O) groups is 1. The first kappa shape index (κ1) is 14.2. The van der Waals surface area contributed by atoms with Gasteiger partial charge < -0.3 is 14.4 Å². The maximum absolute atomic E-state index is 12.5. The van der Waals surface area contributed by atoms with Crippen LogP contribution in [0.5, 0.6) is 0 Å². The molecule has 1 aromatic carbocycles. The van der Waals surface area contributed by atoms with Gasteiger partial charge in [0.15, 0.2) is 5.79 Å². The quantitative estimate of drug-likeness (QED) is 0.861. The number of rotatable bonds is 3. The molecule has 118 valence electrons. The van der Waals surface area contributed by atoms with Crippen LogP contribution in [0.15, 0.2) is 30.3 Å². The summed E-state index contributed by atoms with van der Waals surface area (Å²) in [6, 6.07) is 10.4. The van der Waals surface area contributed by atoms with Gasteiger partial charge in [0, 0.05) is 19.4 Å². The average Bonchev–Trinajstić information content (AvgIpc) is 3.23. The van der Waals surface area contributed by atoms with Gasteiger partial charge in [-0.1, -0.05) is 30.3 Å². The summed E-state index contributed by atoms with van der Waals surface area (Å²) in [5.74, 6) is -0.271. The fourth-order valence-electron chi connectivity index (χ4n) is 4.61. The lowest BCUT2D eigenvalue weighted by atomic mass is 9.88. The first-order chi connectivity index (χ1) is 10.8. The summed E-state index contributed by atoms with van der Waals surface area (Å²) in [5, 5.41) is 0. The number of fused-ring (bicyclic) bond motifs is 1.